The summed E-state index contributed by atoms with van der Waals surface area (Å²) in [5, 5.41) is 0. The van der Waals surface area contributed by atoms with Crippen LogP contribution in [0, 0.1) is 6.92 Å². The third-order valence-electron chi connectivity index (χ3n) is 2.88. The number of hydrogen-bond donors (Lipinski definition) is 0. The van der Waals surface area contributed by atoms with Gasteiger partial charge in [-0.2, -0.15) is 0 Å². The number of aromatic nitrogens is 1. The van der Waals surface area contributed by atoms with E-state index in [1.807, 2.05) is 30.3 Å². The Bertz CT molecular complexity index is 685. The van der Waals surface area contributed by atoms with Crippen molar-refractivity contribution < 1.29 is 4.42 Å². The molecule has 0 bridgehead atoms. The average Bonchev–Trinajstić information content (AvgIpc) is 2.81. The van der Waals surface area contributed by atoms with E-state index >= 15 is 0 Å². The average molecular weight is 255 g/mol. The minimum atomic E-state index is 0.684. The van der Waals surface area contributed by atoms with Gasteiger partial charge in [-0.25, -0.2) is 4.98 Å². The second kappa shape index (κ2) is 4.50. The van der Waals surface area contributed by atoms with Crippen molar-refractivity contribution in [2.45, 2.75) is 11.8 Å². The maximum absolute atomic E-state index is 5.76. The molecule has 0 radical (unpaired) electrons. The molecule has 0 unspecified atom stereocenters. The molecule has 2 nitrogen and oxygen atoms in total. The maximum Gasteiger partial charge on any atom is 0.227 e. The summed E-state index contributed by atoms with van der Waals surface area (Å²) < 4.78 is 5.76. The lowest BCUT2D eigenvalue weighted by atomic mass is 10.2. The van der Waals surface area contributed by atoms with Crippen molar-refractivity contribution in [1.82, 2.24) is 4.98 Å². The van der Waals surface area contributed by atoms with Gasteiger partial charge in [0.25, 0.3) is 0 Å². The first-order valence-electron chi connectivity index (χ1n) is 5.78. The monoisotopic (exact) mass is 255 g/mol. The maximum atomic E-state index is 5.76. The second-order valence-electron chi connectivity index (χ2n) is 4.22. The predicted octanol–water partition coefficient (Wildman–Crippen LogP) is 4.53. The highest BCUT2D eigenvalue weighted by atomic mass is 32.2. The molecule has 1 heterocycles. The summed E-state index contributed by atoms with van der Waals surface area (Å²) in [4.78, 5) is 5.77. The Balaban J connectivity index is 2.07. The van der Waals surface area contributed by atoms with E-state index in [2.05, 4.69) is 30.3 Å². The summed E-state index contributed by atoms with van der Waals surface area (Å²) in [6.45, 7) is 2.06. The molecule has 0 atom stereocenters. The van der Waals surface area contributed by atoms with E-state index in [0.717, 1.165) is 16.7 Å². The van der Waals surface area contributed by atoms with E-state index in [1.165, 1.54) is 10.5 Å². The minimum Gasteiger partial charge on any atom is -0.436 e. The Labute approximate surface area is 110 Å². The van der Waals surface area contributed by atoms with E-state index in [-0.39, 0.29) is 0 Å². The lowest BCUT2D eigenvalue weighted by molar-refractivity contribution is 0.620. The fourth-order valence-corrected chi connectivity index (χ4v) is 2.30. The van der Waals surface area contributed by atoms with Crippen LogP contribution in [0.15, 0.2) is 51.8 Å². The van der Waals surface area contributed by atoms with Gasteiger partial charge in [-0.05, 0) is 55.1 Å². The molecule has 3 aromatic rings. The van der Waals surface area contributed by atoms with E-state index in [1.54, 1.807) is 11.8 Å². The van der Waals surface area contributed by atoms with Crippen molar-refractivity contribution in [3.63, 3.8) is 0 Å². The smallest absolute Gasteiger partial charge is 0.227 e. The van der Waals surface area contributed by atoms with Gasteiger partial charge in [-0.15, -0.1) is 11.8 Å². The minimum absolute atomic E-state index is 0.684. The van der Waals surface area contributed by atoms with Crippen LogP contribution in [0.1, 0.15) is 5.56 Å². The predicted molar refractivity (Wildman–Crippen MR) is 76.0 cm³/mol. The molecular formula is C15H13NOS. The van der Waals surface area contributed by atoms with Gasteiger partial charge in [0, 0.05) is 10.5 Å². The summed E-state index contributed by atoms with van der Waals surface area (Å²) in [6.07, 6.45) is 2.07. The molecular weight excluding hydrogens is 242 g/mol. The zero-order valence-corrected chi connectivity index (χ0v) is 11.1. The van der Waals surface area contributed by atoms with Gasteiger partial charge in [0.1, 0.15) is 5.52 Å². The van der Waals surface area contributed by atoms with Crippen LogP contribution in [0.25, 0.3) is 22.6 Å². The van der Waals surface area contributed by atoms with Crippen LogP contribution in [0.5, 0.6) is 0 Å². The topological polar surface area (TPSA) is 26.0 Å². The molecule has 0 saturated carbocycles. The highest BCUT2D eigenvalue weighted by Gasteiger charge is 2.07. The first-order chi connectivity index (χ1) is 8.76. The summed E-state index contributed by atoms with van der Waals surface area (Å²) in [5.41, 5.74) is 3.96. The fraction of sp³-hybridized carbons (Fsp3) is 0.133. The summed E-state index contributed by atoms with van der Waals surface area (Å²) in [7, 11) is 0. The number of nitrogens with zero attached hydrogens (tertiary/aromatic N) is 1. The van der Waals surface area contributed by atoms with Gasteiger partial charge in [0.15, 0.2) is 5.58 Å². The molecule has 0 amide bonds. The van der Waals surface area contributed by atoms with Gasteiger partial charge in [0.2, 0.25) is 5.89 Å². The van der Waals surface area contributed by atoms with Crippen molar-refractivity contribution in [2.75, 3.05) is 6.26 Å². The van der Waals surface area contributed by atoms with Crippen LogP contribution >= 0.6 is 11.8 Å². The summed E-state index contributed by atoms with van der Waals surface area (Å²) in [5.74, 6) is 0.684. The van der Waals surface area contributed by atoms with Crippen molar-refractivity contribution in [3.05, 3.63) is 48.0 Å². The third kappa shape index (κ3) is 2.02. The van der Waals surface area contributed by atoms with Crippen LogP contribution in [-0.2, 0) is 0 Å². The Morgan fingerprint density at radius 1 is 1.06 bits per heavy atom. The summed E-state index contributed by atoms with van der Waals surface area (Å²) >= 11 is 1.73. The Kier molecular flexibility index (Phi) is 2.84. The van der Waals surface area contributed by atoms with Crippen LogP contribution in [-0.4, -0.2) is 11.2 Å². The Morgan fingerprint density at radius 2 is 1.83 bits per heavy atom. The fourth-order valence-electron chi connectivity index (χ4n) is 1.89. The molecule has 90 valence electrons. The standard InChI is InChI=1S/C15H13NOS/c1-10-3-8-14-13(9-10)16-15(17-14)11-4-6-12(18-2)7-5-11/h3-9H,1-2H3. The molecule has 0 fully saturated rings. The highest BCUT2D eigenvalue weighted by Crippen LogP contribution is 2.26. The molecule has 2 aromatic carbocycles. The van der Waals surface area contributed by atoms with E-state index in [4.69, 9.17) is 4.42 Å². The Hall–Kier alpha value is -1.74. The molecule has 18 heavy (non-hydrogen) atoms. The van der Waals surface area contributed by atoms with Crippen LogP contribution in [0.2, 0.25) is 0 Å². The number of benzene rings is 2. The number of fused-ring (bicyclic) bond motifs is 1. The molecule has 3 rings (SSSR count). The van der Waals surface area contributed by atoms with Gasteiger partial charge in [-0.1, -0.05) is 6.07 Å². The van der Waals surface area contributed by atoms with E-state index < -0.39 is 0 Å². The lowest BCUT2D eigenvalue weighted by Gasteiger charge is -1.97. The molecule has 0 N–H and O–H groups in total. The van der Waals surface area contributed by atoms with Crippen LogP contribution in [0.4, 0.5) is 0 Å². The first-order valence-corrected chi connectivity index (χ1v) is 7.00. The first kappa shape index (κ1) is 11.4. The summed E-state index contributed by atoms with van der Waals surface area (Å²) in [6, 6.07) is 14.3. The van der Waals surface area contributed by atoms with Gasteiger partial charge >= 0.3 is 0 Å². The largest absolute Gasteiger partial charge is 0.436 e. The zero-order chi connectivity index (χ0) is 12.5. The van der Waals surface area contributed by atoms with Crippen molar-refractivity contribution in [1.29, 1.82) is 0 Å². The van der Waals surface area contributed by atoms with Gasteiger partial charge in [-0.3, -0.25) is 0 Å². The van der Waals surface area contributed by atoms with Gasteiger partial charge in [0.05, 0.1) is 0 Å². The number of aryl methyl sites for hydroxylation is 1. The van der Waals surface area contributed by atoms with E-state index in [0.29, 0.717) is 5.89 Å². The zero-order valence-electron chi connectivity index (χ0n) is 10.3. The molecule has 0 saturated heterocycles. The second-order valence-corrected chi connectivity index (χ2v) is 5.10. The van der Waals surface area contributed by atoms with Gasteiger partial charge < -0.3 is 4.42 Å². The van der Waals surface area contributed by atoms with Crippen LogP contribution in [0.3, 0.4) is 0 Å². The van der Waals surface area contributed by atoms with Crippen molar-refractivity contribution in [2.24, 2.45) is 0 Å². The highest BCUT2D eigenvalue weighted by molar-refractivity contribution is 7.98. The number of thioether (sulfide) groups is 1. The number of rotatable bonds is 2. The van der Waals surface area contributed by atoms with Crippen molar-refractivity contribution >= 4 is 22.9 Å². The molecule has 0 aliphatic rings. The molecule has 0 aliphatic heterocycles. The molecule has 0 aliphatic carbocycles. The molecule has 1 aromatic heterocycles. The molecule has 3 heteroatoms. The Morgan fingerprint density at radius 3 is 2.56 bits per heavy atom. The van der Waals surface area contributed by atoms with Crippen LogP contribution < -0.4 is 0 Å². The van der Waals surface area contributed by atoms with E-state index in [9.17, 15) is 0 Å². The SMILES string of the molecule is CSc1ccc(-c2nc3cc(C)ccc3o2)cc1. The quantitative estimate of drug-likeness (QED) is 0.629. The normalized spacial score (nSPS) is 11.0. The third-order valence-corrected chi connectivity index (χ3v) is 3.62. The van der Waals surface area contributed by atoms with Crippen molar-refractivity contribution in [3.8, 4) is 11.5 Å². The lowest BCUT2D eigenvalue weighted by Crippen LogP contribution is -1.77. The number of hydrogen-bond acceptors (Lipinski definition) is 3. The molecule has 0 spiro atoms. The number of oxazole rings is 1.